The van der Waals surface area contributed by atoms with Gasteiger partial charge in [-0.2, -0.15) is 0 Å². The Balaban J connectivity index is 1.99. The van der Waals surface area contributed by atoms with E-state index in [1.807, 2.05) is 6.08 Å². The second-order valence-electron chi connectivity index (χ2n) is 5.70. The summed E-state index contributed by atoms with van der Waals surface area (Å²) in [5.41, 5.74) is -0.827. The summed E-state index contributed by atoms with van der Waals surface area (Å²) in [6.45, 7) is 4.59. The van der Waals surface area contributed by atoms with E-state index < -0.39 is 29.5 Å². The van der Waals surface area contributed by atoms with E-state index in [0.717, 1.165) is 0 Å². The third-order valence-electron chi connectivity index (χ3n) is 4.74. The fraction of sp³-hybridized carbons (Fsp3) is 0.600. The smallest absolute Gasteiger partial charge is 0.310 e. The fourth-order valence-electron chi connectivity index (χ4n) is 3.93. The molecule has 3 aliphatic heterocycles. The summed E-state index contributed by atoms with van der Waals surface area (Å²) in [6.07, 6.45) is 5.45. The van der Waals surface area contributed by atoms with Crippen LogP contribution >= 0.6 is 0 Å². The molecule has 114 valence electrons. The Labute approximate surface area is 123 Å². The first kappa shape index (κ1) is 14.3. The molecule has 0 aromatic rings. The van der Waals surface area contributed by atoms with E-state index in [-0.39, 0.29) is 11.9 Å². The number of rotatable bonds is 6. The number of nitrogens with zero attached hydrogens (tertiary/aromatic N) is 1. The topological polar surface area (TPSA) is 76.1 Å². The van der Waals surface area contributed by atoms with Crippen LogP contribution in [0.3, 0.4) is 0 Å². The highest BCUT2D eigenvalue weighted by Crippen LogP contribution is 2.55. The number of ether oxygens (including phenoxy) is 2. The first-order chi connectivity index (χ1) is 10.1. The molecule has 6 nitrogen and oxygen atoms in total. The van der Waals surface area contributed by atoms with Crippen LogP contribution in [0.2, 0.25) is 0 Å². The Hall–Kier alpha value is -1.66. The van der Waals surface area contributed by atoms with Crippen LogP contribution in [0.4, 0.5) is 0 Å². The Morgan fingerprint density at radius 1 is 1.67 bits per heavy atom. The monoisotopic (exact) mass is 293 g/mol. The van der Waals surface area contributed by atoms with Crippen LogP contribution in [0.1, 0.15) is 6.42 Å². The first-order valence-corrected chi connectivity index (χ1v) is 7.07. The Kier molecular flexibility index (Phi) is 3.37. The summed E-state index contributed by atoms with van der Waals surface area (Å²) in [4.78, 5) is 26.0. The molecule has 0 aromatic heterocycles. The van der Waals surface area contributed by atoms with Crippen LogP contribution < -0.4 is 0 Å². The zero-order valence-electron chi connectivity index (χ0n) is 11.9. The number of amides is 1. The molecule has 1 spiro atoms. The van der Waals surface area contributed by atoms with Gasteiger partial charge in [0.1, 0.15) is 11.5 Å². The average Bonchev–Trinajstić information content (AvgIpc) is 3.07. The van der Waals surface area contributed by atoms with Crippen molar-refractivity contribution in [3.63, 3.8) is 0 Å². The Morgan fingerprint density at radius 3 is 3.05 bits per heavy atom. The summed E-state index contributed by atoms with van der Waals surface area (Å²) < 4.78 is 11.0. The molecule has 0 radical (unpaired) electrons. The van der Waals surface area contributed by atoms with Gasteiger partial charge in [-0.25, -0.2) is 0 Å². The van der Waals surface area contributed by atoms with Crippen molar-refractivity contribution in [3.8, 4) is 0 Å². The van der Waals surface area contributed by atoms with E-state index in [2.05, 4.69) is 6.58 Å². The lowest BCUT2D eigenvalue weighted by molar-refractivity contribution is -0.148. The third-order valence-corrected chi connectivity index (χ3v) is 4.74. The van der Waals surface area contributed by atoms with Crippen LogP contribution in [0.15, 0.2) is 24.8 Å². The molecule has 3 aliphatic rings. The Bertz CT molecular complexity index is 516. The minimum Gasteiger partial charge on any atom is -0.481 e. The molecule has 3 rings (SSSR count). The largest absolute Gasteiger partial charge is 0.481 e. The number of carbonyl (C=O) groups is 2. The number of carboxylic acid groups (broad SMARTS) is 1. The maximum Gasteiger partial charge on any atom is 0.310 e. The lowest BCUT2D eigenvalue weighted by Crippen LogP contribution is -2.45. The molecule has 5 unspecified atom stereocenters. The summed E-state index contributed by atoms with van der Waals surface area (Å²) in [5.74, 6) is -2.58. The van der Waals surface area contributed by atoms with Gasteiger partial charge in [0.2, 0.25) is 5.91 Å². The molecule has 2 fully saturated rings. The predicted octanol–water partition coefficient (Wildman–Crippen LogP) is 0.444. The number of fused-ring (bicyclic) bond motifs is 1. The van der Waals surface area contributed by atoms with Gasteiger partial charge in [-0.3, -0.25) is 9.59 Å². The van der Waals surface area contributed by atoms with Gasteiger partial charge in [0.15, 0.2) is 0 Å². The van der Waals surface area contributed by atoms with Crippen molar-refractivity contribution in [2.24, 2.45) is 11.8 Å². The van der Waals surface area contributed by atoms with Crippen molar-refractivity contribution in [2.45, 2.75) is 24.2 Å². The number of hydrogen-bond donors (Lipinski definition) is 1. The van der Waals surface area contributed by atoms with E-state index in [1.54, 1.807) is 24.2 Å². The van der Waals surface area contributed by atoms with Crippen molar-refractivity contribution in [1.29, 1.82) is 0 Å². The summed E-state index contributed by atoms with van der Waals surface area (Å²) in [5, 5.41) is 9.45. The lowest BCUT2D eigenvalue weighted by atomic mass is 9.74. The van der Waals surface area contributed by atoms with E-state index in [1.165, 1.54) is 0 Å². The highest BCUT2D eigenvalue weighted by Gasteiger charge is 2.70. The summed E-state index contributed by atoms with van der Waals surface area (Å²) in [6, 6.07) is -0.215. The Morgan fingerprint density at radius 2 is 2.43 bits per heavy atom. The number of likely N-dealkylation sites (tertiary alicyclic amines) is 1. The molecule has 1 amide bonds. The van der Waals surface area contributed by atoms with Gasteiger partial charge >= 0.3 is 5.97 Å². The van der Waals surface area contributed by atoms with E-state index in [0.29, 0.717) is 19.6 Å². The lowest BCUT2D eigenvalue weighted by Gasteiger charge is -2.32. The second kappa shape index (κ2) is 4.96. The maximum atomic E-state index is 12.7. The predicted molar refractivity (Wildman–Crippen MR) is 73.6 cm³/mol. The SMILES string of the molecule is C=CCC1N(CCOC)C(=O)C2C(C(=O)O)C3C=CC21O3. The van der Waals surface area contributed by atoms with Gasteiger partial charge in [-0.15, -0.1) is 6.58 Å². The number of hydrogen-bond acceptors (Lipinski definition) is 4. The number of carboxylic acids is 1. The molecule has 21 heavy (non-hydrogen) atoms. The van der Waals surface area contributed by atoms with Gasteiger partial charge in [0, 0.05) is 13.7 Å². The van der Waals surface area contributed by atoms with Gasteiger partial charge in [0.25, 0.3) is 0 Å². The molecule has 2 saturated heterocycles. The third kappa shape index (κ3) is 1.79. The summed E-state index contributed by atoms with van der Waals surface area (Å²) >= 11 is 0. The molecule has 6 heteroatoms. The molecule has 0 saturated carbocycles. The van der Waals surface area contributed by atoms with Crippen molar-refractivity contribution in [1.82, 2.24) is 4.90 Å². The van der Waals surface area contributed by atoms with E-state index >= 15 is 0 Å². The standard InChI is InChI=1S/C15H19NO5/c1-3-4-10-15-6-5-9(21-15)11(14(18)19)12(15)13(17)16(10)7-8-20-2/h3,5-6,9-12H,1,4,7-8H2,2H3,(H,18,19). The van der Waals surface area contributed by atoms with Crippen molar-refractivity contribution >= 4 is 11.9 Å². The van der Waals surface area contributed by atoms with Crippen LogP contribution in [0, 0.1) is 11.8 Å². The molecule has 1 N–H and O–H groups in total. The average molecular weight is 293 g/mol. The minimum atomic E-state index is -0.976. The van der Waals surface area contributed by atoms with Crippen molar-refractivity contribution in [3.05, 3.63) is 24.8 Å². The normalized spacial score (nSPS) is 39.9. The summed E-state index contributed by atoms with van der Waals surface area (Å²) in [7, 11) is 1.57. The molecule has 5 atom stereocenters. The fourth-order valence-corrected chi connectivity index (χ4v) is 3.93. The molecular weight excluding hydrogens is 274 g/mol. The van der Waals surface area contributed by atoms with Gasteiger partial charge in [-0.05, 0) is 6.42 Å². The zero-order chi connectivity index (χ0) is 15.2. The molecule has 0 aromatic carbocycles. The molecule has 3 heterocycles. The number of carbonyl (C=O) groups excluding carboxylic acids is 1. The highest BCUT2D eigenvalue weighted by molar-refractivity contribution is 5.91. The minimum absolute atomic E-state index is 0.154. The van der Waals surface area contributed by atoms with E-state index in [4.69, 9.17) is 9.47 Å². The van der Waals surface area contributed by atoms with Crippen LogP contribution in [-0.2, 0) is 19.1 Å². The van der Waals surface area contributed by atoms with Gasteiger partial charge in [0.05, 0.1) is 24.7 Å². The maximum absolute atomic E-state index is 12.7. The van der Waals surface area contributed by atoms with Crippen LogP contribution in [0.5, 0.6) is 0 Å². The van der Waals surface area contributed by atoms with Crippen LogP contribution in [-0.4, -0.2) is 59.9 Å². The molecule has 2 bridgehead atoms. The van der Waals surface area contributed by atoms with Gasteiger partial charge in [-0.1, -0.05) is 18.2 Å². The zero-order valence-corrected chi connectivity index (χ0v) is 11.9. The van der Waals surface area contributed by atoms with E-state index in [9.17, 15) is 14.7 Å². The molecule has 0 aliphatic carbocycles. The van der Waals surface area contributed by atoms with Crippen LogP contribution in [0.25, 0.3) is 0 Å². The second-order valence-corrected chi connectivity index (χ2v) is 5.70. The van der Waals surface area contributed by atoms with Crippen molar-refractivity contribution < 1.29 is 24.2 Å². The molecular formula is C15H19NO5. The number of aliphatic carboxylic acids is 1. The van der Waals surface area contributed by atoms with Gasteiger partial charge < -0.3 is 19.5 Å². The first-order valence-electron chi connectivity index (χ1n) is 7.07. The quantitative estimate of drug-likeness (QED) is 0.719. The van der Waals surface area contributed by atoms with Crippen molar-refractivity contribution in [2.75, 3.05) is 20.3 Å². The number of methoxy groups -OCH3 is 1. The highest BCUT2D eigenvalue weighted by atomic mass is 16.5.